The maximum absolute atomic E-state index is 13.0. The summed E-state index contributed by atoms with van der Waals surface area (Å²) in [5.41, 5.74) is 5.21. The summed E-state index contributed by atoms with van der Waals surface area (Å²) in [4.78, 5) is 34.1. The van der Waals surface area contributed by atoms with Gasteiger partial charge < -0.3 is 5.32 Å². The maximum Gasteiger partial charge on any atom is 0.222 e. The first-order chi connectivity index (χ1) is 12.9. The van der Waals surface area contributed by atoms with Crippen molar-refractivity contribution >= 4 is 17.5 Å². The first kappa shape index (κ1) is 19.2. The van der Waals surface area contributed by atoms with Crippen LogP contribution in [0.5, 0.6) is 0 Å². The highest BCUT2D eigenvalue weighted by Gasteiger charge is 2.42. The maximum atomic E-state index is 13.0. The Kier molecular flexibility index (Phi) is 5.68. The fraction of sp³-hybridized carbons (Fsp3) is 0.455. The first-order valence-corrected chi connectivity index (χ1v) is 9.59. The third kappa shape index (κ3) is 4.07. The molecule has 1 heterocycles. The van der Waals surface area contributed by atoms with Crippen LogP contribution in [0.25, 0.3) is 0 Å². The second-order valence-electron chi connectivity index (χ2n) is 7.50. The second-order valence-corrected chi connectivity index (χ2v) is 7.50. The molecule has 5 nitrogen and oxygen atoms in total. The summed E-state index contributed by atoms with van der Waals surface area (Å²) in [6.07, 6.45) is 5.45. The SMILES string of the molecule is CCc1cnc(NCCC2CC(=O)C(c3c(C)cc(C)cc3C)C2=O)nc1. The Bertz CT molecular complexity index is 835. The Hall–Kier alpha value is -2.56. The molecule has 2 atom stereocenters. The molecule has 5 heteroatoms. The summed E-state index contributed by atoms with van der Waals surface area (Å²) < 4.78 is 0. The van der Waals surface area contributed by atoms with Crippen molar-refractivity contribution in [3.63, 3.8) is 0 Å². The molecule has 1 saturated carbocycles. The number of ketones is 2. The number of rotatable bonds is 6. The quantitative estimate of drug-likeness (QED) is 0.790. The van der Waals surface area contributed by atoms with Gasteiger partial charge in [0.1, 0.15) is 11.7 Å². The van der Waals surface area contributed by atoms with Crippen molar-refractivity contribution < 1.29 is 9.59 Å². The van der Waals surface area contributed by atoms with Crippen LogP contribution >= 0.6 is 0 Å². The van der Waals surface area contributed by atoms with Gasteiger partial charge >= 0.3 is 0 Å². The van der Waals surface area contributed by atoms with E-state index in [1.807, 2.05) is 20.8 Å². The highest BCUT2D eigenvalue weighted by molar-refractivity contribution is 6.15. The van der Waals surface area contributed by atoms with Crippen LogP contribution in [0.3, 0.4) is 0 Å². The number of hydrogen-bond donors (Lipinski definition) is 1. The third-order valence-corrected chi connectivity index (χ3v) is 5.37. The van der Waals surface area contributed by atoms with E-state index >= 15 is 0 Å². The Labute approximate surface area is 160 Å². The molecule has 0 saturated heterocycles. The summed E-state index contributed by atoms with van der Waals surface area (Å²) in [7, 11) is 0. The number of Topliss-reactive ketones (excluding diaryl/α,β-unsaturated/α-hetero) is 2. The van der Waals surface area contributed by atoms with Crippen molar-refractivity contribution in [1.29, 1.82) is 0 Å². The summed E-state index contributed by atoms with van der Waals surface area (Å²) in [6, 6.07) is 4.10. The van der Waals surface area contributed by atoms with Gasteiger partial charge in [0.2, 0.25) is 5.95 Å². The van der Waals surface area contributed by atoms with Crippen LogP contribution in [0.1, 0.15) is 53.5 Å². The van der Waals surface area contributed by atoms with Gasteiger partial charge in [0.15, 0.2) is 5.78 Å². The molecule has 1 aromatic carbocycles. The van der Waals surface area contributed by atoms with E-state index in [1.165, 1.54) is 0 Å². The molecule has 27 heavy (non-hydrogen) atoms. The monoisotopic (exact) mass is 365 g/mol. The third-order valence-electron chi connectivity index (χ3n) is 5.37. The molecule has 3 rings (SSSR count). The predicted octanol–water partition coefficient (Wildman–Crippen LogP) is 3.71. The molecule has 0 radical (unpaired) electrons. The van der Waals surface area contributed by atoms with Crippen LogP contribution in [0.2, 0.25) is 0 Å². The van der Waals surface area contributed by atoms with Crippen molar-refractivity contribution in [3.8, 4) is 0 Å². The van der Waals surface area contributed by atoms with Gasteiger partial charge in [-0.1, -0.05) is 24.6 Å². The molecule has 2 aromatic rings. The molecule has 142 valence electrons. The highest BCUT2D eigenvalue weighted by Crippen LogP contribution is 2.37. The zero-order valence-corrected chi connectivity index (χ0v) is 16.5. The number of benzene rings is 1. The molecule has 0 aliphatic heterocycles. The fourth-order valence-corrected chi connectivity index (χ4v) is 4.04. The number of hydrogen-bond acceptors (Lipinski definition) is 5. The molecule has 1 N–H and O–H groups in total. The number of anilines is 1. The lowest BCUT2D eigenvalue weighted by atomic mass is 9.86. The minimum Gasteiger partial charge on any atom is -0.354 e. The molecule has 0 amide bonds. The van der Waals surface area contributed by atoms with E-state index in [0.717, 1.165) is 34.2 Å². The van der Waals surface area contributed by atoms with Crippen LogP contribution in [-0.2, 0) is 16.0 Å². The molecule has 2 unspecified atom stereocenters. The van der Waals surface area contributed by atoms with E-state index in [0.29, 0.717) is 25.3 Å². The molecule has 1 aliphatic rings. The molecule has 1 fully saturated rings. The number of nitrogens with zero attached hydrogens (tertiary/aromatic N) is 2. The lowest BCUT2D eigenvalue weighted by molar-refractivity contribution is -0.124. The highest BCUT2D eigenvalue weighted by atomic mass is 16.2. The van der Waals surface area contributed by atoms with Crippen molar-refractivity contribution in [3.05, 3.63) is 52.3 Å². The number of nitrogens with one attached hydrogen (secondary N) is 1. The summed E-state index contributed by atoms with van der Waals surface area (Å²) in [6.45, 7) is 8.64. The van der Waals surface area contributed by atoms with Crippen molar-refractivity contribution in [2.75, 3.05) is 11.9 Å². The fourth-order valence-electron chi connectivity index (χ4n) is 4.04. The molecular formula is C22H27N3O2. The minimum absolute atomic E-state index is 0.0450. The normalized spacial score (nSPS) is 19.6. The van der Waals surface area contributed by atoms with Gasteiger partial charge in [-0.15, -0.1) is 0 Å². The van der Waals surface area contributed by atoms with E-state index in [4.69, 9.17) is 0 Å². The van der Waals surface area contributed by atoms with E-state index < -0.39 is 5.92 Å². The van der Waals surface area contributed by atoms with Gasteiger partial charge in [0.25, 0.3) is 0 Å². The first-order valence-electron chi connectivity index (χ1n) is 9.59. The van der Waals surface area contributed by atoms with Crippen LogP contribution in [0, 0.1) is 26.7 Å². The van der Waals surface area contributed by atoms with Gasteiger partial charge in [0.05, 0.1) is 0 Å². The molecule has 0 spiro atoms. The van der Waals surface area contributed by atoms with Gasteiger partial charge in [-0.2, -0.15) is 0 Å². The van der Waals surface area contributed by atoms with Gasteiger partial charge in [-0.05, 0) is 55.9 Å². The van der Waals surface area contributed by atoms with Crippen LogP contribution in [0.4, 0.5) is 5.95 Å². The number of carbonyl (C=O) groups excluding carboxylic acids is 2. The summed E-state index contributed by atoms with van der Waals surface area (Å²) in [5, 5.41) is 3.16. The lowest BCUT2D eigenvalue weighted by Gasteiger charge is -2.16. The summed E-state index contributed by atoms with van der Waals surface area (Å²) in [5.74, 6) is -0.172. The van der Waals surface area contributed by atoms with Crippen molar-refractivity contribution in [2.24, 2.45) is 5.92 Å². The van der Waals surface area contributed by atoms with Crippen molar-refractivity contribution in [1.82, 2.24) is 9.97 Å². The van der Waals surface area contributed by atoms with E-state index in [2.05, 4.69) is 34.3 Å². The predicted molar refractivity (Wildman–Crippen MR) is 106 cm³/mol. The molecule has 1 aliphatic carbocycles. The van der Waals surface area contributed by atoms with Gasteiger partial charge in [-0.3, -0.25) is 9.59 Å². The molecule has 0 bridgehead atoms. The van der Waals surface area contributed by atoms with E-state index in [1.54, 1.807) is 12.4 Å². The Morgan fingerprint density at radius 1 is 1.07 bits per heavy atom. The zero-order valence-electron chi connectivity index (χ0n) is 16.5. The topological polar surface area (TPSA) is 72.0 Å². The molecular weight excluding hydrogens is 338 g/mol. The average molecular weight is 365 g/mol. The molecule has 1 aromatic heterocycles. The smallest absolute Gasteiger partial charge is 0.222 e. The zero-order chi connectivity index (χ0) is 19.6. The van der Waals surface area contributed by atoms with Crippen molar-refractivity contribution in [2.45, 2.75) is 52.9 Å². The summed E-state index contributed by atoms with van der Waals surface area (Å²) >= 11 is 0. The van der Waals surface area contributed by atoms with Crippen LogP contribution < -0.4 is 5.32 Å². The lowest BCUT2D eigenvalue weighted by Crippen LogP contribution is -2.19. The second kappa shape index (κ2) is 7.99. The van der Waals surface area contributed by atoms with Crippen LogP contribution in [-0.4, -0.2) is 28.1 Å². The number of aromatic nitrogens is 2. The number of aryl methyl sites for hydroxylation is 4. The Morgan fingerprint density at radius 3 is 2.30 bits per heavy atom. The minimum atomic E-state index is -0.601. The standard InChI is InChI=1S/C22H27N3O2/c1-5-16-11-24-22(25-12-16)23-7-6-17-10-18(26)20(21(17)27)19-14(3)8-13(2)9-15(19)4/h8-9,11-12,17,20H,5-7,10H2,1-4H3,(H,23,24,25). The average Bonchev–Trinajstić information content (AvgIpc) is 2.89. The number of carbonyl (C=O) groups is 2. The Balaban J connectivity index is 1.65. The van der Waals surface area contributed by atoms with Crippen LogP contribution in [0.15, 0.2) is 24.5 Å². The van der Waals surface area contributed by atoms with E-state index in [-0.39, 0.29) is 17.5 Å². The largest absolute Gasteiger partial charge is 0.354 e. The van der Waals surface area contributed by atoms with Gasteiger partial charge in [-0.25, -0.2) is 9.97 Å². The van der Waals surface area contributed by atoms with E-state index in [9.17, 15) is 9.59 Å². The van der Waals surface area contributed by atoms with Gasteiger partial charge in [0, 0.05) is 31.3 Å². The Morgan fingerprint density at radius 2 is 1.70 bits per heavy atom.